The van der Waals surface area contributed by atoms with Crippen LogP contribution in [0.15, 0.2) is 48.5 Å². The van der Waals surface area contributed by atoms with Gasteiger partial charge in [-0.3, -0.25) is 14.9 Å². The van der Waals surface area contributed by atoms with Crippen molar-refractivity contribution in [1.29, 1.82) is 0 Å². The van der Waals surface area contributed by atoms with Gasteiger partial charge in [-0.25, -0.2) is 0 Å². The molecular weight excluding hydrogens is 366 g/mol. The minimum atomic E-state index is -0.547. The van der Waals surface area contributed by atoms with Crippen LogP contribution in [0.2, 0.25) is 0 Å². The maximum absolute atomic E-state index is 12.4. The van der Waals surface area contributed by atoms with Gasteiger partial charge in [0.15, 0.2) is 5.11 Å². The van der Waals surface area contributed by atoms with E-state index >= 15 is 0 Å². The third-order valence-electron chi connectivity index (χ3n) is 3.43. The van der Waals surface area contributed by atoms with Crippen LogP contribution in [0.4, 0.5) is 5.69 Å². The van der Waals surface area contributed by atoms with E-state index in [0.717, 1.165) is 0 Å². The van der Waals surface area contributed by atoms with Gasteiger partial charge in [-0.1, -0.05) is 12.1 Å². The molecule has 2 aromatic rings. The average molecular weight is 387 g/mol. The molecule has 0 unspecified atom stereocenters. The van der Waals surface area contributed by atoms with E-state index in [1.54, 1.807) is 48.5 Å². The lowest BCUT2D eigenvalue weighted by Crippen LogP contribution is -2.34. The molecule has 2 aromatic carbocycles. The summed E-state index contributed by atoms with van der Waals surface area (Å²) in [4.78, 5) is 23.6. The van der Waals surface area contributed by atoms with Crippen molar-refractivity contribution < 1.29 is 19.1 Å². The largest absolute Gasteiger partial charge is 0.491 e. The molecule has 7 nitrogen and oxygen atoms in total. The third-order valence-corrected chi connectivity index (χ3v) is 3.63. The summed E-state index contributed by atoms with van der Waals surface area (Å²) in [6, 6.07) is 13.3. The lowest BCUT2D eigenvalue weighted by Gasteiger charge is -2.11. The summed E-state index contributed by atoms with van der Waals surface area (Å²) < 4.78 is 10.7. The maximum Gasteiger partial charge on any atom is 0.257 e. The number of thiocarbonyl (C=S) groups is 1. The van der Waals surface area contributed by atoms with Crippen molar-refractivity contribution in [3.05, 3.63) is 59.7 Å². The highest BCUT2D eigenvalue weighted by molar-refractivity contribution is 7.80. The van der Waals surface area contributed by atoms with Crippen LogP contribution in [-0.4, -0.2) is 36.7 Å². The lowest BCUT2D eigenvalue weighted by molar-refractivity contribution is 0.0973. The van der Waals surface area contributed by atoms with Crippen LogP contribution in [0.25, 0.3) is 0 Å². The maximum atomic E-state index is 12.4. The molecule has 0 radical (unpaired) electrons. The standard InChI is InChI=1S/C19H21N3O4S/c1-2-25-9-10-26-16-8-4-6-14(12-16)18(24)22-19(27)21-15-7-3-5-13(11-15)17(20)23/h3-8,11-12H,2,9-10H2,1H3,(H2,20,23)(H2,21,22,24,27). The zero-order valence-corrected chi connectivity index (χ0v) is 15.7. The van der Waals surface area contributed by atoms with Gasteiger partial charge in [-0.2, -0.15) is 0 Å². The summed E-state index contributed by atoms with van der Waals surface area (Å²) >= 11 is 5.15. The van der Waals surface area contributed by atoms with Crippen LogP contribution < -0.4 is 21.1 Å². The Morgan fingerprint density at radius 1 is 1.07 bits per heavy atom. The molecule has 2 rings (SSSR count). The Labute approximate surface area is 162 Å². The fraction of sp³-hybridized carbons (Fsp3) is 0.211. The van der Waals surface area contributed by atoms with Gasteiger partial charge in [0.2, 0.25) is 5.91 Å². The van der Waals surface area contributed by atoms with Gasteiger partial charge in [0.1, 0.15) is 12.4 Å². The molecule has 0 fully saturated rings. The molecule has 8 heteroatoms. The summed E-state index contributed by atoms with van der Waals surface area (Å²) in [7, 11) is 0. The molecule has 0 heterocycles. The molecule has 0 aliphatic heterocycles. The van der Waals surface area contributed by atoms with Crippen molar-refractivity contribution in [2.24, 2.45) is 5.73 Å². The lowest BCUT2D eigenvalue weighted by atomic mass is 10.2. The first kappa shape index (κ1) is 20.3. The number of ether oxygens (including phenoxy) is 2. The number of primary amides is 1. The first-order chi connectivity index (χ1) is 13.0. The quantitative estimate of drug-likeness (QED) is 0.475. The van der Waals surface area contributed by atoms with Crippen molar-refractivity contribution in [1.82, 2.24) is 5.32 Å². The van der Waals surface area contributed by atoms with Gasteiger partial charge in [0, 0.05) is 23.4 Å². The van der Waals surface area contributed by atoms with Gasteiger partial charge >= 0.3 is 0 Å². The van der Waals surface area contributed by atoms with E-state index in [1.165, 1.54) is 0 Å². The molecule has 4 N–H and O–H groups in total. The molecule has 2 amide bonds. The van der Waals surface area contributed by atoms with Crippen LogP contribution in [-0.2, 0) is 4.74 Å². The van der Waals surface area contributed by atoms with Crippen molar-refractivity contribution in [3.8, 4) is 5.75 Å². The van der Waals surface area contributed by atoms with Crippen LogP contribution in [0, 0.1) is 0 Å². The number of hydrogen-bond donors (Lipinski definition) is 3. The number of carbonyl (C=O) groups excluding carboxylic acids is 2. The molecule has 142 valence electrons. The van der Waals surface area contributed by atoms with Crippen LogP contribution in [0.3, 0.4) is 0 Å². The molecule has 0 aromatic heterocycles. The SMILES string of the molecule is CCOCCOc1cccc(C(=O)NC(=S)Nc2cccc(C(N)=O)c2)c1. The second kappa shape index (κ2) is 10.2. The fourth-order valence-corrected chi connectivity index (χ4v) is 2.39. The Morgan fingerprint density at radius 2 is 1.81 bits per heavy atom. The van der Waals surface area contributed by atoms with Crippen LogP contribution in [0.1, 0.15) is 27.6 Å². The Hall–Kier alpha value is -2.97. The van der Waals surface area contributed by atoms with Crippen LogP contribution >= 0.6 is 12.2 Å². The van der Waals surface area contributed by atoms with E-state index in [2.05, 4.69) is 10.6 Å². The van der Waals surface area contributed by atoms with E-state index in [4.69, 9.17) is 27.4 Å². The Kier molecular flexibility index (Phi) is 7.72. The van der Waals surface area contributed by atoms with Crippen molar-refractivity contribution >= 4 is 34.8 Å². The highest BCUT2D eigenvalue weighted by Gasteiger charge is 2.10. The summed E-state index contributed by atoms with van der Waals surface area (Å²) in [5.74, 6) is -0.362. The van der Waals surface area contributed by atoms with E-state index in [0.29, 0.717) is 42.4 Å². The molecule has 0 spiro atoms. The number of carbonyl (C=O) groups is 2. The number of nitrogens with two attached hydrogens (primary N) is 1. The van der Waals surface area contributed by atoms with Crippen molar-refractivity contribution in [3.63, 3.8) is 0 Å². The van der Waals surface area contributed by atoms with Gasteiger partial charge in [-0.05, 0) is 55.5 Å². The molecule has 27 heavy (non-hydrogen) atoms. The molecule has 0 bridgehead atoms. The first-order valence-electron chi connectivity index (χ1n) is 8.32. The number of rotatable bonds is 8. The van der Waals surface area contributed by atoms with Gasteiger partial charge < -0.3 is 20.5 Å². The minimum absolute atomic E-state index is 0.101. The Balaban J connectivity index is 1.93. The number of nitrogens with one attached hydrogen (secondary N) is 2. The predicted molar refractivity (Wildman–Crippen MR) is 107 cm³/mol. The minimum Gasteiger partial charge on any atom is -0.491 e. The monoisotopic (exact) mass is 387 g/mol. The first-order valence-corrected chi connectivity index (χ1v) is 8.73. The van der Waals surface area contributed by atoms with E-state index in [1.807, 2.05) is 6.92 Å². The van der Waals surface area contributed by atoms with Crippen molar-refractivity contribution in [2.45, 2.75) is 6.92 Å². The summed E-state index contributed by atoms with van der Waals surface area (Å²) in [6.07, 6.45) is 0. The normalized spacial score (nSPS) is 10.1. The predicted octanol–water partition coefficient (Wildman–Crippen LogP) is 2.33. The Bertz CT molecular complexity index is 826. The third kappa shape index (κ3) is 6.69. The second-order valence-corrected chi connectivity index (χ2v) is 5.83. The highest BCUT2D eigenvalue weighted by atomic mass is 32.1. The van der Waals surface area contributed by atoms with E-state index in [9.17, 15) is 9.59 Å². The van der Waals surface area contributed by atoms with Crippen LogP contribution in [0.5, 0.6) is 5.75 Å². The number of benzene rings is 2. The molecule has 0 saturated carbocycles. The van der Waals surface area contributed by atoms with Gasteiger partial charge in [-0.15, -0.1) is 0 Å². The van der Waals surface area contributed by atoms with Gasteiger partial charge in [0.25, 0.3) is 5.91 Å². The molecule has 0 saturated heterocycles. The highest BCUT2D eigenvalue weighted by Crippen LogP contribution is 2.14. The second-order valence-electron chi connectivity index (χ2n) is 5.43. The van der Waals surface area contributed by atoms with E-state index < -0.39 is 5.91 Å². The summed E-state index contributed by atoms with van der Waals surface area (Å²) in [5.41, 5.74) is 6.53. The zero-order valence-electron chi connectivity index (χ0n) is 14.9. The molecular formula is C19H21N3O4S. The smallest absolute Gasteiger partial charge is 0.257 e. The Morgan fingerprint density at radius 3 is 2.56 bits per heavy atom. The average Bonchev–Trinajstić information content (AvgIpc) is 2.65. The van der Waals surface area contributed by atoms with Gasteiger partial charge in [0.05, 0.1) is 6.61 Å². The number of amides is 2. The summed E-state index contributed by atoms with van der Waals surface area (Å²) in [6.45, 7) is 3.41. The summed E-state index contributed by atoms with van der Waals surface area (Å²) in [5, 5.41) is 5.53. The molecule has 0 atom stereocenters. The van der Waals surface area contributed by atoms with E-state index in [-0.39, 0.29) is 11.0 Å². The topological polar surface area (TPSA) is 103 Å². The van der Waals surface area contributed by atoms with Crippen molar-refractivity contribution in [2.75, 3.05) is 25.1 Å². The molecule has 0 aliphatic rings. The molecule has 0 aliphatic carbocycles. The fourth-order valence-electron chi connectivity index (χ4n) is 2.18. The number of hydrogen-bond acceptors (Lipinski definition) is 5. The number of anilines is 1. The zero-order chi connectivity index (χ0) is 19.6.